The van der Waals surface area contributed by atoms with E-state index in [0.717, 1.165) is 44.5 Å². The van der Waals surface area contributed by atoms with Crippen LogP contribution in [0.25, 0.3) is 22.5 Å². The molecule has 0 saturated carbocycles. The first-order valence-corrected chi connectivity index (χ1v) is 16.0. The summed E-state index contributed by atoms with van der Waals surface area (Å²) in [5.74, 6) is -0.523. The Morgan fingerprint density at radius 2 is 1.24 bits per heavy atom. The summed E-state index contributed by atoms with van der Waals surface area (Å²) in [6.45, 7) is 2.27. The van der Waals surface area contributed by atoms with E-state index in [9.17, 15) is 9.90 Å². The molecule has 7 rings (SSSR count). The topological polar surface area (TPSA) is 119 Å². The summed E-state index contributed by atoms with van der Waals surface area (Å²) in [7, 11) is 0. The number of nitrogens with zero attached hydrogens (tertiary/aromatic N) is 4. The zero-order valence-corrected chi connectivity index (χ0v) is 26.9. The zero-order valence-electron chi connectivity index (χ0n) is 26.9. The first-order chi connectivity index (χ1) is 24.0. The number of hydrogen-bond donors (Lipinski definition) is 3. The Balaban J connectivity index is 1.25. The fourth-order valence-corrected chi connectivity index (χ4v) is 6.36. The lowest BCUT2D eigenvalue weighted by molar-refractivity contribution is 0.0698. The lowest BCUT2D eigenvalue weighted by Gasteiger charge is -2.34. The van der Waals surface area contributed by atoms with E-state index in [1.807, 2.05) is 104 Å². The zero-order chi connectivity index (χ0) is 33.8. The van der Waals surface area contributed by atoms with Crippen molar-refractivity contribution in [2.45, 2.75) is 19.0 Å². The molecule has 0 saturated heterocycles. The van der Waals surface area contributed by atoms with E-state index in [1.165, 1.54) is 0 Å². The van der Waals surface area contributed by atoms with Gasteiger partial charge in [-0.3, -0.25) is 0 Å². The normalized spacial score (nSPS) is 11.3. The SMILES string of the molecule is Cc1ccc(C(=O)O)c(NCc2ccc(-c3ccccc3-c3nnn(C(c4ccccc4)(c4ccccc4)c4ccccc4)n3)cc2)c1N. The number of carbonyl (C=O) groups is 1. The number of aromatic nitrogens is 4. The molecule has 1 aromatic heterocycles. The van der Waals surface area contributed by atoms with Crippen LogP contribution in [0.15, 0.2) is 152 Å². The molecule has 0 aliphatic carbocycles. The van der Waals surface area contributed by atoms with Crippen molar-refractivity contribution in [2.75, 3.05) is 11.1 Å². The predicted octanol–water partition coefficient (Wildman–Crippen LogP) is 8.05. The molecule has 8 nitrogen and oxygen atoms in total. The molecule has 1 heterocycles. The van der Waals surface area contributed by atoms with Gasteiger partial charge in [-0.15, -0.1) is 15.0 Å². The number of hydrogen-bond acceptors (Lipinski definition) is 6. The van der Waals surface area contributed by atoms with E-state index in [1.54, 1.807) is 16.9 Å². The van der Waals surface area contributed by atoms with E-state index in [-0.39, 0.29) is 5.56 Å². The number of benzene rings is 6. The van der Waals surface area contributed by atoms with Gasteiger partial charge < -0.3 is 16.2 Å². The average molecular weight is 643 g/mol. The number of anilines is 2. The first-order valence-electron chi connectivity index (χ1n) is 16.0. The van der Waals surface area contributed by atoms with Crippen LogP contribution in [0.4, 0.5) is 11.4 Å². The standard InChI is InChI=1S/C41H34N6O2/c1-28-21-26-36(40(48)49)38(37(28)42)43-27-29-22-24-30(25-23-29)34-19-11-12-20-35(34)39-44-46-47(45-39)41(31-13-5-2-6-14-31,32-15-7-3-8-16-32)33-17-9-4-10-18-33/h2-26,43H,27,42H2,1H3,(H,48,49). The van der Waals surface area contributed by atoms with E-state index >= 15 is 0 Å². The lowest BCUT2D eigenvalue weighted by Crippen LogP contribution is -2.39. The van der Waals surface area contributed by atoms with Crippen molar-refractivity contribution in [2.24, 2.45) is 0 Å². The molecule has 0 amide bonds. The van der Waals surface area contributed by atoms with Crippen LogP contribution in [0.2, 0.25) is 0 Å². The molecule has 0 bridgehead atoms. The lowest BCUT2D eigenvalue weighted by atomic mass is 9.77. The number of nitrogens with one attached hydrogen (secondary N) is 1. The minimum absolute atomic E-state index is 0.144. The van der Waals surface area contributed by atoms with Crippen LogP contribution in [0, 0.1) is 6.92 Å². The van der Waals surface area contributed by atoms with Gasteiger partial charge in [-0.25, -0.2) is 4.79 Å². The summed E-state index contributed by atoms with van der Waals surface area (Å²) in [6, 6.07) is 50.2. The minimum Gasteiger partial charge on any atom is -0.478 e. The monoisotopic (exact) mass is 642 g/mol. The third-order valence-corrected chi connectivity index (χ3v) is 8.88. The molecule has 0 unspecified atom stereocenters. The van der Waals surface area contributed by atoms with Crippen molar-refractivity contribution in [3.05, 3.63) is 185 Å². The first kappa shape index (κ1) is 31.1. The molecular weight excluding hydrogens is 608 g/mol. The molecule has 0 aliphatic rings. The molecule has 0 spiro atoms. The van der Waals surface area contributed by atoms with Gasteiger partial charge in [0.05, 0.1) is 16.9 Å². The average Bonchev–Trinajstić information content (AvgIpc) is 3.64. The van der Waals surface area contributed by atoms with Gasteiger partial charge in [-0.2, -0.15) is 0 Å². The highest BCUT2D eigenvalue weighted by Crippen LogP contribution is 2.40. The minimum atomic E-state index is -1.03. The van der Waals surface area contributed by atoms with Crippen molar-refractivity contribution >= 4 is 17.3 Å². The van der Waals surface area contributed by atoms with Gasteiger partial charge in [0.25, 0.3) is 0 Å². The third-order valence-electron chi connectivity index (χ3n) is 8.88. The molecule has 240 valence electrons. The smallest absolute Gasteiger partial charge is 0.337 e. The van der Waals surface area contributed by atoms with Crippen LogP contribution < -0.4 is 11.1 Å². The largest absolute Gasteiger partial charge is 0.478 e. The van der Waals surface area contributed by atoms with Gasteiger partial charge in [0.1, 0.15) is 0 Å². The molecule has 0 aliphatic heterocycles. The Kier molecular flexibility index (Phi) is 8.43. The number of carboxylic acid groups (broad SMARTS) is 1. The number of aromatic carboxylic acids is 1. The summed E-state index contributed by atoms with van der Waals surface area (Å²) in [5.41, 5.74) is 14.0. The van der Waals surface area contributed by atoms with Gasteiger partial charge in [-0.1, -0.05) is 146 Å². The van der Waals surface area contributed by atoms with Gasteiger partial charge in [0.15, 0.2) is 5.54 Å². The third kappa shape index (κ3) is 5.80. The number of nitrogens with two attached hydrogens (primary N) is 1. The van der Waals surface area contributed by atoms with Crippen molar-refractivity contribution in [1.29, 1.82) is 0 Å². The molecule has 7 aromatic rings. The number of rotatable bonds is 10. The van der Waals surface area contributed by atoms with Crippen LogP contribution in [0.5, 0.6) is 0 Å². The van der Waals surface area contributed by atoms with Crippen molar-refractivity contribution in [1.82, 2.24) is 20.2 Å². The second-order valence-corrected chi connectivity index (χ2v) is 11.8. The van der Waals surface area contributed by atoms with Crippen LogP contribution in [0.3, 0.4) is 0 Å². The van der Waals surface area contributed by atoms with Gasteiger partial charge in [0, 0.05) is 12.1 Å². The fraction of sp³-hybridized carbons (Fsp3) is 0.0732. The van der Waals surface area contributed by atoms with Crippen molar-refractivity contribution in [3.8, 4) is 22.5 Å². The molecule has 0 fully saturated rings. The second kappa shape index (κ2) is 13.3. The second-order valence-electron chi connectivity index (χ2n) is 11.8. The Morgan fingerprint density at radius 1 is 0.714 bits per heavy atom. The summed E-state index contributed by atoms with van der Waals surface area (Å²) < 4.78 is 0. The molecule has 0 atom stereocenters. The maximum Gasteiger partial charge on any atom is 0.337 e. The summed E-state index contributed by atoms with van der Waals surface area (Å²) in [4.78, 5) is 13.5. The Bertz CT molecular complexity index is 2120. The van der Waals surface area contributed by atoms with Crippen LogP contribution in [-0.2, 0) is 12.1 Å². The van der Waals surface area contributed by atoms with E-state index in [2.05, 4.69) is 52.9 Å². The highest BCUT2D eigenvalue weighted by Gasteiger charge is 2.41. The molecule has 4 N–H and O–H groups in total. The Labute approximate surface area is 284 Å². The van der Waals surface area contributed by atoms with Crippen LogP contribution in [0.1, 0.15) is 38.2 Å². The van der Waals surface area contributed by atoms with Gasteiger partial charge >= 0.3 is 5.97 Å². The molecule has 49 heavy (non-hydrogen) atoms. The molecule has 6 aromatic carbocycles. The van der Waals surface area contributed by atoms with Crippen molar-refractivity contribution < 1.29 is 9.90 Å². The van der Waals surface area contributed by atoms with Crippen LogP contribution in [-0.4, -0.2) is 31.3 Å². The summed E-state index contributed by atoms with van der Waals surface area (Å²) >= 11 is 0. The maximum atomic E-state index is 11.8. The Hall–Kier alpha value is -6.54. The number of nitrogen functional groups attached to an aromatic ring is 1. The Morgan fingerprint density at radius 3 is 1.80 bits per heavy atom. The molecule has 0 radical (unpaired) electrons. The molecular formula is C41H34N6O2. The van der Waals surface area contributed by atoms with E-state index in [0.29, 0.717) is 23.7 Å². The predicted molar refractivity (Wildman–Crippen MR) is 193 cm³/mol. The number of carboxylic acids is 1. The quantitative estimate of drug-likeness (QED) is 0.102. The van der Waals surface area contributed by atoms with E-state index < -0.39 is 11.5 Å². The highest BCUT2D eigenvalue weighted by atomic mass is 16.4. The fourth-order valence-electron chi connectivity index (χ4n) is 6.36. The van der Waals surface area contributed by atoms with Crippen LogP contribution >= 0.6 is 0 Å². The van der Waals surface area contributed by atoms with E-state index in [4.69, 9.17) is 16.0 Å². The highest BCUT2D eigenvalue weighted by molar-refractivity contribution is 5.98. The number of tetrazole rings is 1. The number of aryl methyl sites for hydroxylation is 1. The summed E-state index contributed by atoms with van der Waals surface area (Å²) in [6.07, 6.45) is 0. The van der Waals surface area contributed by atoms with Gasteiger partial charge in [-0.05, 0) is 57.1 Å². The summed E-state index contributed by atoms with van der Waals surface area (Å²) in [5, 5.41) is 27.4. The maximum absolute atomic E-state index is 11.8. The van der Waals surface area contributed by atoms with Gasteiger partial charge in [0.2, 0.25) is 5.82 Å². The van der Waals surface area contributed by atoms with Crippen molar-refractivity contribution in [3.63, 3.8) is 0 Å². The molecule has 8 heteroatoms.